The fraction of sp³-hybridized carbons (Fsp3) is 0.333. The van der Waals surface area contributed by atoms with Gasteiger partial charge in [-0.3, -0.25) is 14.3 Å². The number of benzene rings is 1. The second-order valence-electron chi connectivity index (χ2n) is 7.76. The summed E-state index contributed by atoms with van der Waals surface area (Å²) < 4.78 is 14.0. The monoisotopic (exact) mass is 465 g/mol. The van der Waals surface area contributed by atoms with Crippen LogP contribution in [0.1, 0.15) is 48.6 Å². The zero-order valence-corrected chi connectivity index (χ0v) is 19.2. The number of imidazole rings is 1. The first kappa shape index (κ1) is 23.1. The minimum atomic E-state index is -0.533. The number of furan rings is 1. The Morgan fingerprint density at radius 3 is 2.71 bits per heavy atom. The molecule has 4 rings (SSSR count). The summed E-state index contributed by atoms with van der Waals surface area (Å²) in [5, 5.41) is 3.18. The summed E-state index contributed by atoms with van der Waals surface area (Å²) in [4.78, 5) is 44.7. The van der Waals surface area contributed by atoms with E-state index in [1.54, 1.807) is 35.1 Å². The van der Waals surface area contributed by atoms with Crippen LogP contribution < -0.4 is 16.6 Å². The summed E-state index contributed by atoms with van der Waals surface area (Å²) in [5.41, 5.74) is 0.572. The number of para-hydroxylation sites is 1. The van der Waals surface area contributed by atoms with Crippen molar-refractivity contribution in [1.29, 1.82) is 0 Å². The van der Waals surface area contributed by atoms with Crippen LogP contribution in [-0.2, 0) is 31.0 Å². The Morgan fingerprint density at radius 1 is 1.15 bits per heavy atom. The number of aromatic nitrogens is 4. The Hall–Kier alpha value is -4.08. The molecule has 0 unspecified atom stereocenters. The number of nitrogens with one attached hydrogen (secondary N) is 2. The number of carbonyl (C=O) groups is 1. The molecule has 1 aromatic carbocycles. The third kappa shape index (κ3) is 4.66. The number of ether oxygens (including phenoxy) is 1. The first-order chi connectivity index (χ1) is 16.5. The molecule has 2 N–H and O–H groups in total. The molecule has 10 heteroatoms. The van der Waals surface area contributed by atoms with E-state index in [4.69, 9.17) is 9.15 Å². The lowest BCUT2D eigenvalue weighted by Crippen LogP contribution is -2.31. The molecule has 0 aliphatic carbocycles. The van der Waals surface area contributed by atoms with Gasteiger partial charge >= 0.3 is 11.7 Å². The molecule has 4 aromatic rings. The highest BCUT2D eigenvalue weighted by atomic mass is 16.5. The molecule has 0 bridgehead atoms. The number of hydrogen-bond acceptors (Lipinski definition) is 7. The molecule has 0 saturated carbocycles. The molecule has 0 saturated heterocycles. The Labute approximate surface area is 195 Å². The van der Waals surface area contributed by atoms with Gasteiger partial charge in [0.25, 0.3) is 5.56 Å². The number of hydrogen-bond donors (Lipinski definition) is 2. The first-order valence-electron chi connectivity index (χ1n) is 11.3. The highest BCUT2D eigenvalue weighted by Crippen LogP contribution is 2.19. The maximum Gasteiger partial charge on any atom is 0.340 e. The number of aromatic amines is 1. The van der Waals surface area contributed by atoms with Crippen LogP contribution in [0.25, 0.3) is 11.2 Å². The van der Waals surface area contributed by atoms with Gasteiger partial charge in [0.2, 0.25) is 0 Å². The van der Waals surface area contributed by atoms with E-state index in [1.165, 1.54) is 4.57 Å². The second-order valence-corrected chi connectivity index (χ2v) is 7.76. The number of esters is 1. The van der Waals surface area contributed by atoms with Gasteiger partial charge in [-0.15, -0.1) is 0 Å². The number of H-pyrrole nitrogens is 1. The highest BCUT2D eigenvalue weighted by Gasteiger charge is 2.20. The van der Waals surface area contributed by atoms with Crippen molar-refractivity contribution in [2.75, 3.05) is 5.32 Å². The van der Waals surface area contributed by atoms with Crippen molar-refractivity contribution >= 4 is 22.8 Å². The van der Waals surface area contributed by atoms with Crippen molar-refractivity contribution < 1.29 is 13.9 Å². The quantitative estimate of drug-likeness (QED) is 0.345. The van der Waals surface area contributed by atoms with Crippen LogP contribution in [0.15, 0.2) is 56.7 Å². The van der Waals surface area contributed by atoms with E-state index < -0.39 is 17.2 Å². The van der Waals surface area contributed by atoms with Gasteiger partial charge in [-0.25, -0.2) is 14.6 Å². The summed E-state index contributed by atoms with van der Waals surface area (Å²) in [6.07, 6.45) is 3.25. The van der Waals surface area contributed by atoms with E-state index in [2.05, 4.69) is 15.3 Å². The van der Waals surface area contributed by atoms with E-state index in [0.717, 1.165) is 18.6 Å². The van der Waals surface area contributed by atoms with Gasteiger partial charge < -0.3 is 19.0 Å². The van der Waals surface area contributed by atoms with Gasteiger partial charge in [0.15, 0.2) is 11.2 Å². The van der Waals surface area contributed by atoms with Crippen molar-refractivity contribution in [1.82, 2.24) is 19.1 Å². The van der Waals surface area contributed by atoms with Gasteiger partial charge in [0, 0.05) is 18.8 Å². The topological polar surface area (TPSA) is 124 Å². The maximum absolute atomic E-state index is 12.9. The minimum Gasteiger partial charge on any atom is -0.467 e. The van der Waals surface area contributed by atoms with Crippen molar-refractivity contribution in [3.8, 4) is 0 Å². The molecule has 178 valence electrons. The summed E-state index contributed by atoms with van der Waals surface area (Å²) in [7, 11) is 0. The van der Waals surface area contributed by atoms with Crippen LogP contribution in [0.5, 0.6) is 0 Å². The highest BCUT2D eigenvalue weighted by molar-refractivity contribution is 5.95. The van der Waals surface area contributed by atoms with Crippen LogP contribution >= 0.6 is 0 Å². The number of rotatable bonds is 10. The number of nitrogens with zero attached hydrogens (tertiary/aromatic N) is 3. The van der Waals surface area contributed by atoms with Crippen LogP contribution in [0, 0.1) is 0 Å². The molecule has 3 aromatic heterocycles. The average Bonchev–Trinajstić information content (AvgIpc) is 3.49. The third-order valence-corrected chi connectivity index (χ3v) is 5.53. The van der Waals surface area contributed by atoms with Gasteiger partial charge in [-0.1, -0.05) is 25.5 Å². The van der Waals surface area contributed by atoms with Gasteiger partial charge in [-0.05, 0) is 37.6 Å². The molecule has 0 spiro atoms. The molecule has 34 heavy (non-hydrogen) atoms. The van der Waals surface area contributed by atoms with Gasteiger partial charge in [0.05, 0.1) is 18.4 Å². The van der Waals surface area contributed by atoms with E-state index in [9.17, 15) is 14.4 Å². The summed E-state index contributed by atoms with van der Waals surface area (Å²) in [6, 6.07) is 10.7. The van der Waals surface area contributed by atoms with Crippen LogP contribution in [-0.4, -0.2) is 25.1 Å². The number of aryl methyl sites for hydroxylation is 2. The second kappa shape index (κ2) is 10.2. The SMILES string of the molecule is CCCCn1c(=O)[nH]c(=O)c2c1nc(COC(=O)c1ccccc1NCc1ccco1)n2CC. The molecule has 10 nitrogen and oxygen atoms in total. The Morgan fingerprint density at radius 2 is 1.97 bits per heavy atom. The fourth-order valence-electron chi connectivity index (χ4n) is 3.81. The molecule has 0 radical (unpaired) electrons. The van der Waals surface area contributed by atoms with Gasteiger partial charge in [-0.2, -0.15) is 0 Å². The van der Waals surface area contributed by atoms with E-state index in [-0.39, 0.29) is 6.61 Å². The van der Waals surface area contributed by atoms with E-state index in [0.29, 0.717) is 47.9 Å². The molecule has 0 atom stereocenters. The third-order valence-electron chi connectivity index (χ3n) is 5.53. The normalized spacial score (nSPS) is 11.1. The summed E-state index contributed by atoms with van der Waals surface area (Å²) >= 11 is 0. The average molecular weight is 466 g/mol. The van der Waals surface area contributed by atoms with E-state index in [1.807, 2.05) is 26.0 Å². The number of unbranched alkanes of at least 4 members (excludes halogenated alkanes) is 1. The Balaban J connectivity index is 1.58. The predicted molar refractivity (Wildman–Crippen MR) is 127 cm³/mol. The zero-order chi connectivity index (χ0) is 24.1. The molecule has 0 aliphatic heterocycles. The lowest BCUT2D eigenvalue weighted by Gasteiger charge is -2.11. The van der Waals surface area contributed by atoms with Crippen LogP contribution in [0.4, 0.5) is 5.69 Å². The standard InChI is InChI=1S/C24H27N5O5/c1-3-5-12-29-21-20(22(30)27-24(29)32)28(4-2)19(26-21)15-34-23(31)17-10-6-7-11-18(17)25-14-16-9-8-13-33-16/h6-11,13,25H,3-5,12,14-15H2,1-2H3,(H,27,30,32). The molecule has 0 fully saturated rings. The van der Waals surface area contributed by atoms with Crippen LogP contribution in [0.3, 0.4) is 0 Å². The summed E-state index contributed by atoms with van der Waals surface area (Å²) in [6.45, 7) is 5.03. The number of carbonyl (C=O) groups excluding carboxylic acids is 1. The molecule has 0 amide bonds. The largest absolute Gasteiger partial charge is 0.467 e. The number of fused-ring (bicyclic) bond motifs is 1. The molecular formula is C24H27N5O5. The molecule has 3 heterocycles. The van der Waals surface area contributed by atoms with Crippen molar-refractivity contribution in [3.63, 3.8) is 0 Å². The zero-order valence-electron chi connectivity index (χ0n) is 19.2. The van der Waals surface area contributed by atoms with Crippen LogP contribution in [0.2, 0.25) is 0 Å². The first-order valence-corrected chi connectivity index (χ1v) is 11.3. The molecular weight excluding hydrogens is 438 g/mol. The fourth-order valence-corrected chi connectivity index (χ4v) is 3.81. The smallest absolute Gasteiger partial charge is 0.340 e. The van der Waals surface area contributed by atoms with Crippen molar-refractivity contribution in [2.24, 2.45) is 0 Å². The lowest BCUT2D eigenvalue weighted by atomic mass is 10.2. The number of anilines is 1. The van der Waals surface area contributed by atoms with E-state index >= 15 is 0 Å². The van der Waals surface area contributed by atoms with Crippen molar-refractivity contribution in [2.45, 2.75) is 52.9 Å². The minimum absolute atomic E-state index is 0.144. The summed E-state index contributed by atoms with van der Waals surface area (Å²) in [5.74, 6) is 0.599. The Bertz CT molecular complexity index is 1400. The maximum atomic E-state index is 12.9. The van der Waals surface area contributed by atoms with Crippen molar-refractivity contribution in [3.05, 3.63) is 80.6 Å². The lowest BCUT2D eigenvalue weighted by molar-refractivity contribution is 0.0460. The van der Waals surface area contributed by atoms with Gasteiger partial charge in [0.1, 0.15) is 18.2 Å². The predicted octanol–water partition coefficient (Wildman–Crippen LogP) is 3.27. The Kier molecular flexibility index (Phi) is 6.95. The molecule has 0 aliphatic rings.